The number of rotatable bonds is 4. The van der Waals surface area contributed by atoms with Crippen molar-refractivity contribution in [3.8, 4) is 5.75 Å². The van der Waals surface area contributed by atoms with Crippen LogP contribution in [0.2, 0.25) is 0 Å². The minimum Gasteiger partial charge on any atom is -0.489 e. The lowest BCUT2D eigenvalue weighted by molar-refractivity contribution is -0.116. The van der Waals surface area contributed by atoms with Crippen LogP contribution in [0.5, 0.6) is 5.75 Å². The first-order valence-corrected chi connectivity index (χ1v) is 8.60. The van der Waals surface area contributed by atoms with Gasteiger partial charge >= 0.3 is 0 Å². The van der Waals surface area contributed by atoms with Crippen molar-refractivity contribution in [2.45, 2.75) is 26.1 Å². The molecule has 1 atom stereocenters. The van der Waals surface area contributed by atoms with Gasteiger partial charge in [-0.1, -0.05) is 36.9 Å². The van der Waals surface area contributed by atoms with Crippen molar-refractivity contribution < 1.29 is 14.3 Å². The quantitative estimate of drug-likeness (QED) is 0.863. The fourth-order valence-electron chi connectivity index (χ4n) is 2.95. The van der Waals surface area contributed by atoms with Crippen LogP contribution in [0.3, 0.4) is 0 Å². The summed E-state index contributed by atoms with van der Waals surface area (Å²) in [6.07, 6.45) is 1.16. The molecule has 0 saturated heterocycles. The standard InChI is InChI=1S/C21H22N2O3/c1-3-20(24)22-12-16-8-10-17(11-9-16)21(25)23-13-15(2)26-19-7-5-4-6-18(19)14-23/h3-11,15H,1,12-14H2,2H3,(H,22,24). The highest BCUT2D eigenvalue weighted by Crippen LogP contribution is 2.25. The first kappa shape index (κ1) is 17.7. The second-order valence-electron chi connectivity index (χ2n) is 6.34. The molecule has 1 aliphatic rings. The highest BCUT2D eigenvalue weighted by molar-refractivity contribution is 5.94. The van der Waals surface area contributed by atoms with Crippen molar-refractivity contribution in [2.75, 3.05) is 6.54 Å². The zero-order chi connectivity index (χ0) is 18.5. The largest absolute Gasteiger partial charge is 0.489 e. The van der Waals surface area contributed by atoms with Gasteiger partial charge in [-0.2, -0.15) is 0 Å². The summed E-state index contributed by atoms with van der Waals surface area (Å²) in [5, 5.41) is 2.72. The third-order valence-electron chi connectivity index (χ3n) is 4.28. The second-order valence-corrected chi connectivity index (χ2v) is 6.34. The van der Waals surface area contributed by atoms with Gasteiger partial charge in [-0.25, -0.2) is 0 Å². The van der Waals surface area contributed by atoms with Gasteiger partial charge in [0.15, 0.2) is 0 Å². The lowest BCUT2D eigenvalue weighted by Gasteiger charge is -2.22. The topological polar surface area (TPSA) is 58.6 Å². The Balaban J connectivity index is 1.72. The van der Waals surface area contributed by atoms with Crippen LogP contribution in [0, 0.1) is 0 Å². The molecule has 134 valence electrons. The Morgan fingerprint density at radius 1 is 1.23 bits per heavy atom. The molecule has 26 heavy (non-hydrogen) atoms. The normalized spacial score (nSPS) is 16.0. The highest BCUT2D eigenvalue weighted by Gasteiger charge is 2.24. The van der Waals surface area contributed by atoms with Crippen molar-refractivity contribution in [1.29, 1.82) is 0 Å². The van der Waals surface area contributed by atoms with Crippen LogP contribution in [0.15, 0.2) is 61.2 Å². The Hall–Kier alpha value is -3.08. The molecular weight excluding hydrogens is 328 g/mol. The fraction of sp³-hybridized carbons (Fsp3) is 0.238. The summed E-state index contributed by atoms with van der Waals surface area (Å²) in [6, 6.07) is 15.1. The summed E-state index contributed by atoms with van der Waals surface area (Å²) in [7, 11) is 0. The van der Waals surface area contributed by atoms with Crippen LogP contribution in [0.4, 0.5) is 0 Å². The number of para-hydroxylation sites is 1. The lowest BCUT2D eigenvalue weighted by atomic mass is 10.1. The average molecular weight is 350 g/mol. The Morgan fingerprint density at radius 2 is 1.96 bits per heavy atom. The SMILES string of the molecule is C=CC(=O)NCc1ccc(C(=O)N2Cc3ccccc3OC(C)C2)cc1. The van der Waals surface area contributed by atoms with Crippen LogP contribution in [0.1, 0.15) is 28.4 Å². The van der Waals surface area contributed by atoms with Gasteiger partial charge < -0.3 is 15.0 Å². The lowest BCUT2D eigenvalue weighted by Crippen LogP contribution is -2.36. The molecule has 2 aromatic carbocycles. The fourth-order valence-corrected chi connectivity index (χ4v) is 2.95. The Bertz CT molecular complexity index is 814. The number of nitrogens with zero attached hydrogens (tertiary/aromatic N) is 1. The summed E-state index contributed by atoms with van der Waals surface area (Å²) in [5.74, 6) is 0.588. The number of carbonyl (C=O) groups excluding carboxylic acids is 2. The van der Waals surface area contributed by atoms with Gasteiger partial charge in [-0.15, -0.1) is 0 Å². The van der Waals surface area contributed by atoms with E-state index in [1.165, 1.54) is 6.08 Å². The maximum absolute atomic E-state index is 12.9. The van der Waals surface area contributed by atoms with Gasteiger partial charge in [-0.05, 0) is 36.8 Å². The molecule has 1 unspecified atom stereocenters. The smallest absolute Gasteiger partial charge is 0.254 e. The minimum absolute atomic E-state index is 0.0289. The summed E-state index contributed by atoms with van der Waals surface area (Å²) in [6.45, 7) is 6.85. The van der Waals surface area contributed by atoms with Crippen LogP contribution in [-0.4, -0.2) is 29.4 Å². The molecule has 0 bridgehead atoms. The molecule has 0 spiro atoms. The first-order valence-electron chi connectivity index (χ1n) is 8.60. The number of hydrogen-bond donors (Lipinski definition) is 1. The van der Waals surface area contributed by atoms with Crippen LogP contribution in [-0.2, 0) is 17.9 Å². The molecule has 2 aromatic rings. The summed E-state index contributed by atoms with van der Waals surface area (Å²) in [5.41, 5.74) is 2.55. The zero-order valence-corrected chi connectivity index (χ0v) is 14.8. The predicted molar refractivity (Wildman–Crippen MR) is 99.8 cm³/mol. The van der Waals surface area contributed by atoms with Gasteiger partial charge in [0, 0.05) is 24.2 Å². The second kappa shape index (κ2) is 7.87. The Kier molecular flexibility index (Phi) is 5.37. The van der Waals surface area contributed by atoms with Gasteiger partial charge in [0.1, 0.15) is 11.9 Å². The molecule has 0 aromatic heterocycles. The molecule has 0 saturated carbocycles. The molecular formula is C21H22N2O3. The molecule has 0 fully saturated rings. The van der Waals surface area contributed by atoms with Crippen molar-refractivity contribution in [3.63, 3.8) is 0 Å². The Labute approximate surface area is 153 Å². The van der Waals surface area contributed by atoms with Crippen LogP contribution < -0.4 is 10.1 Å². The zero-order valence-electron chi connectivity index (χ0n) is 14.8. The average Bonchev–Trinajstić information content (AvgIpc) is 2.83. The van der Waals surface area contributed by atoms with E-state index < -0.39 is 0 Å². The highest BCUT2D eigenvalue weighted by atomic mass is 16.5. The van der Waals surface area contributed by atoms with Crippen molar-refractivity contribution >= 4 is 11.8 Å². The maximum Gasteiger partial charge on any atom is 0.254 e. The third-order valence-corrected chi connectivity index (χ3v) is 4.28. The van der Waals surface area contributed by atoms with Gasteiger partial charge in [0.25, 0.3) is 5.91 Å². The summed E-state index contributed by atoms with van der Waals surface area (Å²) >= 11 is 0. The predicted octanol–water partition coefficient (Wildman–Crippen LogP) is 2.91. The van der Waals surface area contributed by atoms with Crippen molar-refractivity contribution in [2.24, 2.45) is 0 Å². The van der Waals surface area contributed by atoms with Crippen molar-refractivity contribution in [3.05, 3.63) is 77.9 Å². The van der Waals surface area contributed by atoms with E-state index in [2.05, 4.69) is 11.9 Å². The number of hydrogen-bond acceptors (Lipinski definition) is 3. The number of fused-ring (bicyclic) bond motifs is 1. The van der Waals surface area contributed by atoms with E-state index in [1.54, 1.807) is 12.1 Å². The molecule has 5 heteroatoms. The molecule has 0 radical (unpaired) electrons. The number of ether oxygens (including phenoxy) is 1. The molecule has 3 rings (SSSR count). The minimum atomic E-state index is -0.220. The monoisotopic (exact) mass is 350 g/mol. The van der Waals surface area contributed by atoms with Gasteiger partial charge in [0.2, 0.25) is 5.91 Å². The van der Waals surface area contributed by atoms with Crippen molar-refractivity contribution in [1.82, 2.24) is 10.2 Å². The van der Waals surface area contributed by atoms with E-state index in [0.29, 0.717) is 25.2 Å². The number of nitrogens with one attached hydrogen (secondary N) is 1. The molecule has 0 aliphatic carbocycles. The molecule has 1 heterocycles. The Morgan fingerprint density at radius 3 is 2.69 bits per heavy atom. The maximum atomic E-state index is 12.9. The number of carbonyl (C=O) groups is 2. The van der Waals surface area contributed by atoms with Gasteiger partial charge in [0.05, 0.1) is 6.54 Å². The van der Waals surface area contributed by atoms with Crippen LogP contribution >= 0.6 is 0 Å². The molecule has 1 aliphatic heterocycles. The van der Waals surface area contributed by atoms with E-state index in [-0.39, 0.29) is 17.9 Å². The molecule has 5 nitrogen and oxygen atoms in total. The summed E-state index contributed by atoms with van der Waals surface area (Å²) < 4.78 is 5.91. The first-order chi connectivity index (χ1) is 12.6. The molecule has 2 amide bonds. The van der Waals surface area contributed by atoms with Crippen LogP contribution in [0.25, 0.3) is 0 Å². The molecule has 1 N–H and O–H groups in total. The van der Waals surface area contributed by atoms with E-state index >= 15 is 0 Å². The van der Waals surface area contributed by atoms with E-state index in [1.807, 2.05) is 48.2 Å². The number of amides is 2. The summed E-state index contributed by atoms with van der Waals surface area (Å²) in [4.78, 5) is 26.0. The van der Waals surface area contributed by atoms with E-state index in [4.69, 9.17) is 4.74 Å². The van der Waals surface area contributed by atoms with E-state index in [9.17, 15) is 9.59 Å². The third kappa shape index (κ3) is 4.11. The van der Waals surface area contributed by atoms with E-state index in [0.717, 1.165) is 16.9 Å². The van der Waals surface area contributed by atoms with Gasteiger partial charge in [-0.3, -0.25) is 9.59 Å². The number of benzene rings is 2.